The third-order valence-electron chi connectivity index (χ3n) is 4.13. The summed E-state index contributed by atoms with van der Waals surface area (Å²) in [4.78, 5) is 10.3. The van der Waals surface area contributed by atoms with Gasteiger partial charge in [-0.1, -0.05) is 23.4 Å². The fourth-order valence-corrected chi connectivity index (χ4v) is 3.61. The van der Waals surface area contributed by atoms with E-state index in [0.717, 1.165) is 38.2 Å². The van der Waals surface area contributed by atoms with Crippen LogP contribution < -0.4 is 0 Å². The minimum Gasteiger partial charge on any atom is -0.256 e. The number of pyridine rings is 2. The summed E-state index contributed by atoms with van der Waals surface area (Å²) in [6, 6.07) is 18.3. The molecular weight excluding hydrogens is 330 g/mol. The second-order valence-electron chi connectivity index (χ2n) is 5.79. The van der Waals surface area contributed by atoms with Gasteiger partial charge in [0.15, 0.2) is 5.65 Å². The summed E-state index contributed by atoms with van der Waals surface area (Å²) in [5.74, 6) is 0. The van der Waals surface area contributed by atoms with Crippen molar-refractivity contribution in [3.63, 3.8) is 0 Å². The Morgan fingerprint density at radius 2 is 1.92 bits per heavy atom. The van der Waals surface area contributed by atoms with Crippen LogP contribution in [-0.2, 0) is 6.54 Å². The standard InChI is InChI=1S/C19H13N5S/c1-3-14-11-13(5-6-15(14)20-9-1)12-24-19-17(22-23-24)8-7-16(21-19)18-4-2-10-25-18/h1-11H,12H2. The zero-order valence-corrected chi connectivity index (χ0v) is 14.0. The van der Waals surface area contributed by atoms with Crippen LogP contribution in [0.4, 0.5) is 0 Å². The SMILES string of the molecule is c1csc(-c2ccc3nnn(Cc4ccc5ncccc5c4)c3n2)c1. The van der Waals surface area contributed by atoms with Gasteiger partial charge in [0.05, 0.1) is 22.6 Å². The molecule has 5 aromatic rings. The average Bonchev–Trinajstić information content (AvgIpc) is 3.32. The quantitative estimate of drug-likeness (QED) is 0.494. The summed E-state index contributed by atoms with van der Waals surface area (Å²) in [5, 5.41) is 11.7. The minimum absolute atomic E-state index is 0.627. The molecule has 0 fully saturated rings. The summed E-state index contributed by atoms with van der Waals surface area (Å²) in [5.41, 5.74) is 4.71. The zero-order valence-electron chi connectivity index (χ0n) is 13.2. The van der Waals surface area contributed by atoms with E-state index in [2.05, 4.69) is 44.9 Å². The largest absolute Gasteiger partial charge is 0.256 e. The van der Waals surface area contributed by atoms with Crippen molar-refractivity contribution in [3.8, 4) is 10.6 Å². The van der Waals surface area contributed by atoms with Crippen molar-refractivity contribution < 1.29 is 0 Å². The van der Waals surface area contributed by atoms with E-state index >= 15 is 0 Å². The second-order valence-corrected chi connectivity index (χ2v) is 6.74. The molecule has 0 saturated carbocycles. The molecule has 0 saturated heterocycles. The van der Waals surface area contributed by atoms with Crippen molar-refractivity contribution in [2.24, 2.45) is 0 Å². The molecule has 1 aromatic carbocycles. The lowest BCUT2D eigenvalue weighted by molar-refractivity contribution is 0.665. The van der Waals surface area contributed by atoms with Crippen LogP contribution in [0.3, 0.4) is 0 Å². The fourth-order valence-electron chi connectivity index (χ4n) is 2.92. The second kappa shape index (κ2) is 5.75. The number of fused-ring (bicyclic) bond motifs is 2. The van der Waals surface area contributed by atoms with Gasteiger partial charge in [0.25, 0.3) is 0 Å². The predicted octanol–water partition coefficient (Wildman–Crippen LogP) is 4.15. The Bertz CT molecular complexity index is 1180. The normalized spacial score (nSPS) is 11.4. The molecule has 0 spiro atoms. The van der Waals surface area contributed by atoms with Gasteiger partial charge < -0.3 is 0 Å². The third kappa shape index (κ3) is 2.56. The van der Waals surface area contributed by atoms with E-state index in [1.165, 1.54) is 0 Å². The van der Waals surface area contributed by atoms with Crippen molar-refractivity contribution >= 4 is 33.4 Å². The van der Waals surface area contributed by atoms with E-state index in [0.29, 0.717) is 6.54 Å². The van der Waals surface area contributed by atoms with Gasteiger partial charge in [-0.25, -0.2) is 9.67 Å². The van der Waals surface area contributed by atoms with E-state index in [1.807, 2.05) is 41.2 Å². The van der Waals surface area contributed by atoms with Crippen molar-refractivity contribution in [2.75, 3.05) is 0 Å². The van der Waals surface area contributed by atoms with Crippen LogP contribution in [0.2, 0.25) is 0 Å². The summed E-state index contributed by atoms with van der Waals surface area (Å²) in [7, 11) is 0. The number of aromatic nitrogens is 5. The first-order valence-corrected chi connectivity index (χ1v) is 8.82. The molecule has 0 aliphatic heterocycles. The Morgan fingerprint density at radius 1 is 0.960 bits per heavy atom. The summed E-state index contributed by atoms with van der Waals surface area (Å²) < 4.78 is 1.85. The van der Waals surface area contributed by atoms with Crippen LogP contribution in [-0.4, -0.2) is 25.0 Å². The average molecular weight is 343 g/mol. The lowest BCUT2D eigenvalue weighted by atomic mass is 10.1. The highest BCUT2D eigenvalue weighted by Crippen LogP contribution is 2.24. The molecule has 0 aliphatic rings. The molecule has 0 amide bonds. The maximum absolute atomic E-state index is 4.77. The van der Waals surface area contributed by atoms with Gasteiger partial charge in [-0.2, -0.15) is 0 Å². The van der Waals surface area contributed by atoms with E-state index in [9.17, 15) is 0 Å². The fraction of sp³-hybridized carbons (Fsp3) is 0.0526. The zero-order chi connectivity index (χ0) is 16.6. The Balaban J connectivity index is 1.56. The highest BCUT2D eigenvalue weighted by atomic mass is 32.1. The molecule has 0 unspecified atom stereocenters. The highest BCUT2D eigenvalue weighted by molar-refractivity contribution is 7.13. The minimum atomic E-state index is 0.627. The van der Waals surface area contributed by atoms with E-state index in [-0.39, 0.29) is 0 Å². The van der Waals surface area contributed by atoms with Crippen molar-refractivity contribution in [1.29, 1.82) is 0 Å². The summed E-state index contributed by atoms with van der Waals surface area (Å²) in [6.45, 7) is 0.627. The van der Waals surface area contributed by atoms with Crippen LogP contribution in [0.5, 0.6) is 0 Å². The van der Waals surface area contributed by atoms with Crippen molar-refractivity contribution in [3.05, 3.63) is 71.7 Å². The number of benzene rings is 1. The van der Waals surface area contributed by atoms with Crippen LogP contribution in [0.25, 0.3) is 32.6 Å². The van der Waals surface area contributed by atoms with Gasteiger partial charge in [-0.05, 0) is 47.3 Å². The Labute approximate surface area is 147 Å². The first-order valence-electron chi connectivity index (χ1n) is 7.95. The smallest absolute Gasteiger partial charge is 0.179 e. The van der Waals surface area contributed by atoms with Gasteiger partial charge in [0, 0.05) is 11.6 Å². The van der Waals surface area contributed by atoms with Crippen LogP contribution in [0.15, 0.2) is 66.2 Å². The van der Waals surface area contributed by atoms with Crippen molar-refractivity contribution in [2.45, 2.75) is 6.54 Å². The molecule has 0 aliphatic carbocycles. The van der Waals surface area contributed by atoms with Gasteiger partial charge in [0.2, 0.25) is 0 Å². The highest BCUT2D eigenvalue weighted by Gasteiger charge is 2.10. The first kappa shape index (κ1) is 14.2. The lowest BCUT2D eigenvalue weighted by Gasteiger charge is -2.05. The molecule has 0 atom stereocenters. The van der Waals surface area contributed by atoms with Gasteiger partial charge in [-0.3, -0.25) is 4.98 Å². The van der Waals surface area contributed by atoms with Crippen LogP contribution >= 0.6 is 11.3 Å². The van der Waals surface area contributed by atoms with Crippen LogP contribution in [0.1, 0.15) is 5.56 Å². The molecule has 25 heavy (non-hydrogen) atoms. The van der Waals surface area contributed by atoms with E-state index in [4.69, 9.17) is 4.98 Å². The molecule has 5 nitrogen and oxygen atoms in total. The van der Waals surface area contributed by atoms with Gasteiger partial charge >= 0.3 is 0 Å². The van der Waals surface area contributed by atoms with Crippen LogP contribution in [0, 0.1) is 0 Å². The maximum Gasteiger partial charge on any atom is 0.179 e. The molecule has 0 radical (unpaired) electrons. The number of hydrogen-bond acceptors (Lipinski definition) is 5. The number of nitrogens with zero attached hydrogens (tertiary/aromatic N) is 5. The third-order valence-corrected chi connectivity index (χ3v) is 5.03. The monoisotopic (exact) mass is 343 g/mol. The predicted molar refractivity (Wildman–Crippen MR) is 99.5 cm³/mol. The Hall–Kier alpha value is -3.12. The summed E-state index contributed by atoms with van der Waals surface area (Å²) in [6.07, 6.45) is 1.81. The first-order chi connectivity index (χ1) is 12.4. The number of thiophene rings is 1. The molecule has 4 heterocycles. The molecule has 0 bridgehead atoms. The molecule has 4 aromatic heterocycles. The Morgan fingerprint density at radius 3 is 2.84 bits per heavy atom. The molecule has 5 rings (SSSR count). The molecule has 0 N–H and O–H groups in total. The van der Waals surface area contributed by atoms with Crippen molar-refractivity contribution in [1.82, 2.24) is 25.0 Å². The number of hydrogen-bond donors (Lipinski definition) is 0. The molecular formula is C19H13N5S. The van der Waals surface area contributed by atoms with Gasteiger partial charge in [-0.15, -0.1) is 16.4 Å². The van der Waals surface area contributed by atoms with E-state index in [1.54, 1.807) is 11.3 Å². The molecule has 6 heteroatoms. The number of rotatable bonds is 3. The topological polar surface area (TPSA) is 56.5 Å². The maximum atomic E-state index is 4.77. The van der Waals surface area contributed by atoms with Gasteiger partial charge in [0.1, 0.15) is 5.52 Å². The lowest BCUT2D eigenvalue weighted by Crippen LogP contribution is -2.03. The van der Waals surface area contributed by atoms with E-state index < -0.39 is 0 Å². The summed E-state index contributed by atoms with van der Waals surface area (Å²) >= 11 is 1.68. The Kier molecular flexibility index (Phi) is 3.28. The molecule has 120 valence electrons.